The van der Waals surface area contributed by atoms with Gasteiger partial charge in [0.15, 0.2) is 0 Å². The van der Waals surface area contributed by atoms with Gasteiger partial charge in [-0.3, -0.25) is 0 Å². The number of esters is 1. The lowest BCUT2D eigenvalue weighted by Crippen LogP contribution is -2.16. The van der Waals surface area contributed by atoms with Crippen molar-refractivity contribution in [2.24, 2.45) is 0 Å². The van der Waals surface area contributed by atoms with E-state index in [1.165, 1.54) is 22.3 Å². The van der Waals surface area contributed by atoms with E-state index in [0.717, 1.165) is 31.4 Å². The fraction of sp³-hybridized carbons (Fsp3) is 0.464. The van der Waals surface area contributed by atoms with Crippen LogP contribution in [0.25, 0.3) is 0 Å². The number of rotatable bonds is 12. The van der Waals surface area contributed by atoms with Crippen LogP contribution in [0.1, 0.15) is 84.0 Å². The third-order valence-corrected chi connectivity index (χ3v) is 4.94. The molecule has 170 valence electrons. The van der Waals surface area contributed by atoms with Crippen LogP contribution in [0.5, 0.6) is 5.75 Å². The lowest BCUT2D eigenvalue weighted by molar-refractivity contribution is 0.0398. The molecule has 3 heteroatoms. The predicted molar refractivity (Wildman–Crippen MR) is 132 cm³/mol. The molecule has 0 aliphatic rings. The molecule has 0 aromatic heterocycles. The molecule has 1 aromatic carbocycles. The predicted octanol–water partition coefficient (Wildman–Crippen LogP) is 8.00. The second-order valence-corrected chi connectivity index (χ2v) is 8.61. The Morgan fingerprint density at radius 3 is 1.90 bits per heavy atom. The normalized spacial score (nSPS) is 12.7. The Labute approximate surface area is 189 Å². The van der Waals surface area contributed by atoms with Gasteiger partial charge in [0, 0.05) is 6.42 Å². The number of ether oxygens (including phenoxy) is 2. The first-order valence-electron chi connectivity index (χ1n) is 11.2. The molecule has 0 heterocycles. The van der Waals surface area contributed by atoms with E-state index in [-0.39, 0.29) is 12.1 Å². The molecule has 0 bridgehead atoms. The molecule has 1 rings (SSSR count). The molecule has 0 fully saturated rings. The Bertz CT molecular complexity index is 799. The van der Waals surface area contributed by atoms with Crippen molar-refractivity contribution in [1.29, 1.82) is 0 Å². The minimum atomic E-state index is -0.309. The fourth-order valence-electron chi connectivity index (χ4n) is 3.08. The molecule has 0 saturated heterocycles. The first-order chi connectivity index (χ1) is 14.7. The maximum absolute atomic E-state index is 12.7. The summed E-state index contributed by atoms with van der Waals surface area (Å²) >= 11 is 0. The van der Waals surface area contributed by atoms with Crippen LogP contribution in [0.3, 0.4) is 0 Å². The highest BCUT2D eigenvalue weighted by Gasteiger charge is 2.14. The van der Waals surface area contributed by atoms with Crippen LogP contribution in [0.4, 0.5) is 0 Å². The molecule has 0 aliphatic carbocycles. The van der Waals surface area contributed by atoms with Crippen molar-refractivity contribution in [3.63, 3.8) is 0 Å². The summed E-state index contributed by atoms with van der Waals surface area (Å²) in [6.45, 7) is 12.7. The van der Waals surface area contributed by atoms with Gasteiger partial charge in [-0.15, -0.1) is 0 Å². The van der Waals surface area contributed by atoms with Gasteiger partial charge < -0.3 is 9.47 Å². The summed E-state index contributed by atoms with van der Waals surface area (Å²) < 4.78 is 11.0. The van der Waals surface area contributed by atoms with Crippen molar-refractivity contribution in [2.45, 2.75) is 79.8 Å². The summed E-state index contributed by atoms with van der Waals surface area (Å²) in [7, 11) is 1.61. The zero-order chi connectivity index (χ0) is 23.2. The SMILES string of the molecule is COc1ccc(C(=O)OC(C=C(C)CCC=C(C)C)CC=C(C)CCC=C(C)C)cc1. The van der Waals surface area contributed by atoms with Crippen molar-refractivity contribution < 1.29 is 14.3 Å². The largest absolute Gasteiger partial charge is 0.497 e. The van der Waals surface area contributed by atoms with Gasteiger partial charge in [-0.25, -0.2) is 4.79 Å². The van der Waals surface area contributed by atoms with E-state index in [9.17, 15) is 4.79 Å². The van der Waals surface area contributed by atoms with Gasteiger partial charge in [0.25, 0.3) is 0 Å². The van der Waals surface area contributed by atoms with Crippen LogP contribution in [-0.4, -0.2) is 19.2 Å². The van der Waals surface area contributed by atoms with E-state index in [2.05, 4.69) is 65.8 Å². The minimum absolute atomic E-state index is 0.278. The van der Waals surface area contributed by atoms with Crippen molar-refractivity contribution in [2.75, 3.05) is 7.11 Å². The van der Waals surface area contributed by atoms with Gasteiger partial charge >= 0.3 is 5.97 Å². The van der Waals surface area contributed by atoms with Crippen LogP contribution in [-0.2, 0) is 4.74 Å². The molecule has 0 spiro atoms. The van der Waals surface area contributed by atoms with Gasteiger partial charge in [0.2, 0.25) is 0 Å². The quantitative estimate of drug-likeness (QED) is 0.252. The van der Waals surface area contributed by atoms with E-state index < -0.39 is 0 Å². The third kappa shape index (κ3) is 12.0. The van der Waals surface area contributed by atoms with Gasteiger partial charge in [-0.05, 0) is 97.6 Å². The Hall–Kier alpha value is -2.55. The summed E-state index contributed by atoms with van der Waals surface area (Å²) in [5, 5.41) is 0. The van der Waals surface area contributed by atoms with E-state index in [0.29, 0.717) is 12.0 Å². The fourth-order valence-corrected chi connectivity index (χ4v) is 3.08. The second kappa shape index (κ2) is 14.5. The summed E-state index contributed by atoms with van der Waals surface area (Å²) in [5.74, 6) is 0.412. The minimum Gasteiger partial charge on any atom is -0.497 e. The molecule has 0 radical (unpaired) electrons. The molecular weight excluding hydrogens is 384 g/mol. The third-order valence-electron chi connectivity index (χ3n) is 4.94. The molecule has 0 N–H and O–H groups in total. The van der Waals surface area contributed by atoms with Crippen LogP contribution in [0, 0.1) is 0 Å². The van der Waals surface area contributed by atoms with Crippen LogP contribution >= 0.6 is 0 Å². The number of methoxy groups -OCH3 is 1. The van der Waals surface area contributed by atoms with E-state index in [4.69, 9.17) is 9.47 Å². The number of allylic oxidation sites excluding steroid dienone is 6. The van der Waals surface area contributed by atoms with Gasteiger partial charge in [-0.1, -0.05) is 40.5 Å². The monoisotopic (exact) mass is 424 g/mol. The maximum atomic E-state index is 12.7. The average Bonchev–Trinajstić information content (AvgIpc) is 2.71. The number of benzene rings is 1. The topological polar surface area (TPSA) is 35.5 Å². The van der Waals surface area contributed by atoms with E-state index >= 15 is 0 Å². The van der Waals surface area contributed by atoms with Gasteiger partial charge in [0.1, 0.15) is 11.9 Å². The number of carbonyl (C=O) groups is 1. The van der Waals surface area contributed by atoms with Crippen LogP contribution in [0.15, 0.2) is 70.9 Å². The average molecular weight is 425 g/mol. The second-order valence-electron chi connectivity index (χ2n) is 8.61. The highest BCUT2D eigenvalue weighted by Crippen LogP contribution is 2.17. The lowest BCUT2D eigenvalue weighted by atomic mass is 10.0. The zero-order valence-electron chi connectivity index (χ0n) is 20.5. The zero-order valence-corrected chi connectivity index (χ0v) is 20.5. The van der Waals surface area contributed by atoms with Crippen molar-refractivity contribution in [3.05, 3.63) is 76.4 Å². The molecule has 3 nitrogen and oxygen atoms in total. The smallest absolute Gasteiger partial charge is 0.338 e. The number of hydrogen-bond donors (Lipinski definition) is 0. The molecule has 0 aliphatic heterocycles. The van der Waals surface area contributed by atoms with Crippen molar-refractivity contribution >= 4 is 5.97 Å². The van der Waals surface area contributed by atoms with E-state index in [1.807, 2.05) is 0 Å². The number of hydrogen-bond acceptors (Lipinski definition) is 3. The summed E-state index contributed by atoms with van der Waals surface area (Å²) in [4.78, 5) is 12.7. The summed E-state index contributed by atoms with van der Waals surface area (Å²) in [6, 6.07) is 7.03. The van der Waals surface area contributed by atoms with Crippen molar-refractivity contribution in [3.8, 4) is 5.75 Å². The van der Waals surface area contributed by atoms with Crippen LogP contribution in [0.2, 0.25) is 0 Å². The number of carbonyl (C=O) groups excluding carboxylic acids is 1. The standard InChI is InChI=1S/C28H40O3/c1-21(2)10-8-12-23(5)14-17-27(20-24(6)13-9-11-22(3)4)31-28(29)25-15-18-26(30-7)19-16-25/h10-11,14-16,18-20,27H,8-9,12-13,17H2,1-7H3. The maximum Gasteiger partial charge on any atom is 0.338 e. The van der Waals surface area contributed by atoms with Crippen LogP contribution < -0.4 is 4.74 Å². The molecule has 1 aromatic rings. The Morgan fingerprint density at radius 2 is 1.39 bits per heavy atom. The molecule has 1 unspecified atom stereocenters. The first-order valence-corrected chi connectivity index (χ1v) is 11.2. The highest BCUT2D eigenvalue weighted by atomic mass is 16.5. The Morgan fingerprint density at radius 1 is 0.839 bits per heavy atom. The van der Waals surface area contributed by atoms with Crippen molar-refractivity contribution in [1.82, 2.24) is 0 Å². The van der Waals surface area contributed by atoms with E-state index in [1.54, 1.807) is 31.4 Å². The lowest BCUT2D eigenvalue weighted by Gasteiger charge is -2.15. The van der Waals surface area contributed by atoms with Gasteiger partial charge in [-0.2, -0.15) is 0 Å². The molecule has 0 amide bonds. The molecular formula is C28H40O3. The molecule has 0 saturated carbocycles. The summed E-state index contributed by atoms with van der Waals surface area (Å²) in [5.41, 5.74) is 5.75. The van der Waals surface area contributed by atoms with Gasteiger partial charge in [0.05, 0.1) is 12.7 Å². The Balaban J connectivity index is 2.88. The first kappa shape index (κ1) is 26.5. The molecule has 1 atom stereocenters. The Kier molecular flexibility index (Phi) is 12.3. The highest BCUT2D eigenvalue weighted by molar-refractivity contribution is 5.89. The summed E-state index contributed by atoms with van der Waals surface area (Å²) in [6.07, 6.45) is 13.2. The molecule has 31 heavy (non-hydrogen) atoms.